The molecule has 3 heteroatoms. The van der Waals surface area contributed by atoms with Crippen LogP contribution in [0.5, 0.6) is 0 Å². The highest BCUT2D eigenvalue weighted by Gasteiger charge is 2.03. The van der Waals surface area contributed by atoms with E-state index >= 15 is 0 Å². The second kappa shape index (κ2) is 4.34. The molecule has 0 aliphatic heterocycles. The highest BCUT2D eigenvalue weighted by molar-refractivity contribution is 5.95. The molecule has 0 atom stereocenters. The van der Waals surface area contributed by atoms with Crippen molar-refractivity contribution in [2.45, 2.75) is 26.2 Å². The van der Waals surface area contributed by atoms with Gasteiger partial charge in [0.05, 0.1) is 5.71 Å². The van der Waals surface area contributed by atoms with Gasteiger partial charge in [-0.2, -0.15) is 0 Å². The Kier molecular flexibility index (Phi) is 4.12. The number of hydrogen-bond donors (Lipinski definition) is 1. The second-order valence-corrected chi connectivity index (χ2v) is 2.44. The summed E-state index contributed by atoms with van der Waals surface area (Å²) in [7, 11) is 0. The Morgan fingerprint density at radius 3 is 2.60 bits per heavy atom. The van der Waals surface area contributed by atoms with Crippen molar-refractivity contribution in [3.8, 4) is 0 Å². The molecular weight excluding hydrogens is 150 g/mol. The average molecular weight is 162 g/mol. The first-order valence-corrected chi connectivity index (χ1v) is 3.21. The van der Waals surface area contributed by atoms with Crippen molar-refractivity contribution < 1.29 is 5.21 Å². The molecule has 58 valence electrons. The van der Waals surface area contributed by atoms with E-state index in [1.165, 1.54) is 5.57 Å². The summed E-state index contributed by atoms with van der Waals surface area (Å²) in [5.41, 5.74) is 2.13. The van der Waals surface area contributed by atoms with Crippen LogP contribution in [0, 0.1) is 0 Å². The Labute approximate surface area is 67.0 Å². The first kappa shape index (κ1) is 9.50. The number of oxime groups is 1. The normalized spacial score (nSPS) is 21.7. The average Bonchev–Trinajstić information content (AvgIpc) is 1.88. The molecule has 0 spiro atoms. The molecule has 0 heterocycles. The van der Waals surface area contributed by atoms with Gasteiger partial charge in [-0.15, -0.1) is 12.4 Å². The standard InChI is InChI=1S/C7H11NO.ClH/c1-6-3-2-4-7(5-6)8-9;/h5,9H,2-4H2,1H3;1H. The molecule has 0 fully saturated rings. The molecule has 1 N–H and O–H groups in total. The van der Waals surface area contributed by atoms with Crippen LogP contribution in [0.4, 0.5) is 0 Å². The van der Waals surface area contributed by atoms with E-state index in [-0.39, 0.29) is 12.4 Å². The lowest BCUT2D eigenvalue weighted by molar-refractivity contribution is 0.317. The summed E-state index contributed by atoms with van der Waals surface area (Å²) in [5.74, 6) is 0. The van der Waals surface area contributed by atoms with Crippen LogP contribution in [-0.4, -0.2) is 10.9 Å². The summed E-state index contributed by atoms with van der Waals surface area (Å²) in [6, 6.07) is 0. The largest absolute Gasteiger partial charge is 0.411 e. The van der Waals surface area contributed by atoms with Crippen LogP contribution in [0.15, 0.2) is 16.8 Å². The first-order chi connectivity index (χ1) is 4.33. The Bertz CT molecular complexity index is 163. The molecular formula is C7H12ClNO. The molecule has 0 unspecified atom stereocenters. The van der Waals surface area contributed by atoms with Gasteiger partial charge < -0.3 is 5.21 Å². The predicted octanol–water partition coefficient (Wildman–Crippen LogP) is 2.37. The van der Waals surface area contributed by atoms with E-state index in [4.69, 9.17) is 5.21 Å². The van der Waals surface area contributed by atoms with Crippen LogP contribution in [0.2, 0.25) is 0 Å². The molecule has 0 amide bonds. The van der Waals surface area contributed by atoms with Gasteiger partial charge >= 0.3 is 0 Å². The van der Waals surface area contributed by atoms with Crippen LogP contribution in [-0.2, 0) is 0 Å². The number of hydrogen-bond acceptors (Lipinski definition) is 2. The van der Waals surface area contributed by atoms with E-state index in [1.54, 1.807) is 0 Å². The van der Waals surface area contributed by atoms with Crippen LogP contribution < -0.4 is 0 Å². The molecule has 0 bridgehead atoms. The molecule has 10 heavy (non-hydrogen) atoms. The summed E-state index contributed by atoms with van der Waals surface area (Å²) < 4.78 is 0. The third kappa shape index (κ3) is 2.40. The quantitative estimate of drug-likeness (QED) is 0.430. The summed E-state index contributed by atoms with van der Waals surface area (Å²) >= 11 is 0. The third-order valence-corrected chi connectivity index (χ3v) is 1.55. The fraction of sp³-hybridized carbons (Fsp3) is 0.571. The Balaban J connectivity index is 0.000000810. The van der Waals surface area contributed by atoms with Gasteiger partial charge in [-0.25, -0.2) is 0 Å². The molecule has 0 radical (unpaired) electrons. The minimum Gasteiger partial charge on any atom is -0.411 e. The van der Waals surface area contributed by atoms with Crippen molar-refractivity contribution in [3.63, 3.8) is 0 Å². The fourth-order valence-corrected chi connectivity index (χ4v) is 1.06. The van der Waals surface area contributed by atoms with Crippen molar-refractivity contribution in [3.05, 3.63) is 11.6 Å². The Morgan fingerprint density at radius 2 is 2.20 bits per heavy atom. The summed E-state index contributed by atoms with van der Waals surface area (Å²) in [5, 5.41) is 11.5. The maximum absolute atomic E-state index is 8.35. The number of allylic oxidation sites excluding steroid dienone is 2. The molecule has 0 aromatic carbocycles. The van der Waals surface area contributed by atoms with Crippen molar-refractivity contribution in [1.29, 1.82) is 0 Å². The van der Waals surface area contributed by atoms with Crippen molar-refractivity contribution in [2.75, 3.05) is 0 Å². The highest BCUT2D eigenvalue weighted by Crippen LogP contribution is 2.14. The molecule has 0 aromatic rings. The molecule has 0 saturated heterocycles. The van der Waals surface area contributed by atoms with Gasteiger partial charge in [0, 0.05) is 0 Å². The van der Waals surface area contributed by atoms with Crippen LogP contribution >= 0.6 is 12.4 Å². The molecule has 1 rings (SSSR count). The van der Waals surface area contributed by atoms with Crippen LogP contribution in [0.25, 0.3) is 0 Å². The maximum Gasteiger partial charge on any atom is 0.0795 e. The Hall–Kier alpha value is -0.500. The van der Waals surface area contributed by atoms with Gasteiger partial charge in [0.15, 0.2) is 0 Å². The maximum atomic E-state index is 8.35. The second-order valence-electron chi connectivity index (χ2n) is 2.44. The summed E-state index contributed by atoms with van der Waals surface area (Å²) in [4.78, 5) is 0. The van der Waals surface area contributed by atoms with E-state index in [1.807, 2.05) is 6.08 Å². The summed E-state index contributed by atoms with van der Waals surface area (Å²) in [6.07, 6.45) is 5.15. The van der Waals surface area contributed by atoms with E-state index in [0.717, 1.165) is 25.0 Å². The van der Waals surface area contributed by atoms with Crippen LogP contribution in [0.1, 0.15) is 26.2 Å². The third-order valence-electron chi connectivity index (χ3n) is 1.55. The van der Waals surface area contributed by atoms with Crippen molar-refractivity contribution in [1.82, 2.24) is 0 Å². The molecule has 1 aliphatic rings. The monoisotopic (exact) mass is 161 g/mol. The smallest absolute Gasteiger partial charge is 0.0795 e. The molecule has 0 saturated carbocycles. The zero-order valence-corrected chi connectivity index (χ0v) is 6.82. The highest BCUT2D eigenvalue weighted by atomic mass is 35.5. The van der Waals surface area contributed by atoms with Gasteiger partial charge in [-0.3, -0.25) is 0 Å². The zero-order valence-electron chi connectivity index (χ0n) is 6.00. The predicted molar refractivity (Wildman–Crippen MR) is 44.1 cm³/mol. The van der Waals surface area contributed by atoms with E-state index in [0.29, 0.717) is 0 Å². The SMILES string of the molecule is CC1=CC(=NO)CCC1.Cl. The Morgan fingerprint density at radius 1 is 1.50 bits per heavy atom. The number of rotatable bonds is 0. The van der Waals surface area contributed by atoms with Gasteiger partial charge in [-0.05, 0) is 32.3 Å². The lowest BCUT2D eigenvalue weighted by atomic mass is 10.00. The summed E-state index contributed by atoms with van der Waals surface area (Å²) in [6.45, 7) is 2.06. The minimum absolute atomic E-state index is 0. The van der Waals surface area contributed by atoms with Gasteiger partial charge in [0.2, 0.25) is 0 Å². The molecule has 1 aliphatic carbocycles. The lowest BCUT2D eigenvalue weighted by Crippen LogP contribution is -2.00. The van der Waals surface area contributed by atoms with Gasteiger partial charge in [0.1, 0.15) is 0 Å². The number of halogens is 1. The van der Waals surface area contributed by atoms with Gasteiger partial charge in [-0.1, -0.05) is 10.7 Å². The van der Waals surface area contributed by atoms with Gasteiger partial charge in [0.25, 0.3) is 0 Å². The minimum atomic E-state index is 0. The van der Waals surface area contributed by atoms with E-state index < -0.39 is 0 Å². The molecule has 2 nitrogen and oxygen atoms in total. The zero-order chi connectivity index (χ0) is 6.69. The van der Waals surface area contributed by atoms with Crippen molar-refractivity contribution >= 4 is 18.1 Å². The fourth-order valence-electron chi connectivity index (χ4n) is 1.06. The molecule has 0 aromatic heterocycles. The first-order valence-electron chi connectivity index (χ1n) is 3.21. The van der Waals surface area contributed by atoms with Crippen molar-refractivity contribution in [2.24, 2.45) is 5.16 Å². The van der Waals surface area contributed by atoms with E-state index in [2.05, 4.69) is 12.1 Å². The van der Waals surface area contributed by atoms with E-state index in [9.17, 15) is 0 Å². The van der Waals surface area contributed by atoms with Crippen LogP contribution in [0.3, 0.4) is 0 Å². The number of nitrogens with zero attached hydrogens (tertiary/aromatic N) is 1. The lowest BCUT2D eigenvalue weighted by Gasteiger charge is -2.07. The topological polar surface area (TPSA) is 32.6 Å².